The van der Waals surface area contributed by atoms with Crippen LogP contribution >= 0.6 is 15.9 Å². The van der Waals surface area contributed by atoms with Gasteiger partial charge in [-0.3, -0.25) is 0 Å². The minimum atomic E-state index is -0.462. The molecule has 0 aromatic heterocycles. The van der Waals surface area contributed by atoms with E-state index >= 15 is 0 Å². The van der Waals surface area contributed by atoms with Gasteiger partial charge in [0.05, 0.1) is 13.2 Å². The van der Waals surface area contributed by atoms with Crippen LogP contribution in [0.15, 0.2) is 53.0 Å². The van der Waals surface area contributed by atoms with Crippen LogP contribution in [0.25, 0.3) is 0 Å². The lowest BCUT2D eigenvalue weighted by Gasteiger charge is -2.21. The van der Waals surface area contributed by atoms with Crippen molar-refractivity contribution in [2.75, 3.05) is 25.6 Å². The molecule has 2 aromatic rings. The zero-order chi connectivity index (χ0) is 15.2. The molecule has 1 N–H and O–H groups in total. The highest BCUT2D eigenvalue weighted by Crippen LogP contribution is 2.23. The van der Waals surface area contributed by atoms with Gasteiger partial charge in [0, 0.05) is 29.8 Å². The molecule has 0 saturated carbocycles. The van der Waals surface area contributed by atoms with E-state index in [0.717, 1.165) is 28.0 Å². The predicted molar refractivity (Wildman–Crippen MR) is 90.0 cm³/mol. The number of hydrogen-bond acceptors (Lipinski definition) is 3. The van der Waals surface area contributed by atoms with Crippen molar-refractivity contribution in [3.8, 4) is 5.75 Å². The number of nitrogens with zero attached hydrogens (tertiary/aromatic N) is 1. The Morgan fingerprint density at radius 1 is 1.19 bits per heavy atom. The summed E-state index contributed by atoms with van der Waals surface area (Å²) in [4.78, 5) is 2.11. The van der Waals surface area contributed by atoms with Gasteiger partial charge in [-0.05, 0) is 36.2 Å². The number of aliphatic hydroxyl groups excluding tert-OH is 1. The van der Waals surface area contributed by atoms with Crippen LogP contribution < -0.4 is 9.64 Å². The molecular weight excluding hydrogens is 330 g/mol. The second-order valence-corrected chi connectivity index (χ2v) is 5.90. The van der Waals surface area contributed by atoms with Crippen molar-refractivity contribution in [2.45, 2.75) is 12.5 Å². The highest BCUT2D eigenvalue weighted by Gasteiger charge is 2.10. The highest BCUT2D eigenvalue weighted by molar-refractivity contribution is 9.10. The summed E-state index contributed by atoms with van der Waals surface area (Å²) in [6.45, 7) is 0.765. The lowest BCUT2D eigenvalue weighted by Crippen LogP contribution is -2.20. The molecule has 2 rings (SSSR count). The molecule has 0 fully saturated rings. The van der Waals surface area contributed by atoms with Crippen LogP contribution in [0, 0.1) is 0 Å². The molecule has 0 saturated heterocycles. The van der Waals surface area contributed by atoms with Crippen LogP contribution in [-0.2, 0) is 0 Å². The second-order valence-electron chi connectivity index (χ2n) is 4.98. The summed E-state index contributed by atoms with van der Waals surface area (Å²) in [5.74, 6) is 0.840. The van der Waals surface area contributed by atoms with E-state index in [4.69, 9.17) is 4.74 Å². The summed E-state index contributed by atoms with van der Waals surface area (Å²) in [6.07, 6.45) is 0.208. The Labute approximate surface area is 134 Å². The highest BCUT2D eigenvalue weighted by atomic mass is 79.9. The average molecular weight is 350 g/mol. The Hall–Kier alpha value is -1.52. The first-order valence-corrected chi connectivity index (χ1v) is 7.68. The molecular formula is C17H20BrNO2. The number of ether oxygens (including phenoxy) is 1. The van der Waals surface area contributed by atoms with Crippen LogP contribution in [0.5, 0.6) is 5.75 Å². The summed E-state index contributed by atoms with van der Waals surface area (Å²) in [5.41, 5.74) is 2.01. The molecule has 1 atom stereocenters. The molecule has 0 bridgehead atoms. The third kappa shape index (κ3) is 4.48. The fourth-order valence-electron chi connectivity index (χ4n) is 2.17. The molecule has 0 aliphatic heterocycles. The van der Waals surface area contributed by atoms with Gasteiger partial charge in [-0.25, -0.2) is 0 Å². The number of anilines is 1. The Balaban J connectivity index is 1.95. The molecule has 0 amide bonds. The average Bonchev–Trinajstić information content (AvgIpc) is 2.52. The van der Waals surface area contributed by atoms with E-state index in [1.165, 1.54) is 0 Å². The molecule has 1 unspecified atom stereocenters. The van der Waals surface area contributed by atoms with Gasteiger partial charge in [-0.15, -0.1) is 0 Å². The van der Waals surface area contributed by atoms with Gasteiger partial charge in [0.25, 0.3) is 0 Å². The topological polar surface area (TPSA) is 32.7 Å². The normalized spacial score (nSPS) is 12.0. The molecule has 21 heavy (non-hydrogen) atoms. The SMILES string of the molecule is COc1cccc(N(C)CCC(O)c2cccc(Br)c2)c1. The Bertz CT molecular complexity index is 589. The number of methoxy groups -OCH3 is 1. The van der Waals surface area contributed by atoms with E-state index in [2.05, 4.69) is 20.8 Å². The van der Waals surface area contributed by atoms with Crippen molar-refractivity contribution in [2.24, 2.45) is 0 Å². The van der Waals surface area contributed by atoms with Crippen LogP contribution in [-0.4, -0.2) is 25.8 Å². The van der Waals surface area contributed by atoms with Gasteiger partial charge >= 0.3 is 0 Å². The molecule has 2 aromatic carbocycles. The van der Waals surface area contributed by atoms with E-state index in [0.29, 0.717) is 6.42 Å². The zero-order valence-corrected chi connectivity index (χ0v) is 13.9. The minimum absolute atomic E-state index is 0.462. The third-order valence-corrected chi connectivity index (χ3v) is 3.96. The lowest BCUT2D eigenvalue weighted by molar-refractivity contribution is 0.169. The maximum Gasteiger partial charge on any atom is 0.120 e. The fourth-order valence-corrected chi connectivity index (χ4v) is 2.59. The van der Waals surface area contributed by atoms with Crippen LogP contribution in [0.2, 0.25) is 0 Å². The third-order valence-electron chi connectivity index (χ3n) is 3.47. The Morgan fingerprint density at radius 2 is 1.95 bits per heavy atom. The number of aliphatic hydroxyl groups is 1. The smallest absolute Gasteiger partial charge is 0.120 e. The van der Waals surface area contributed by atoms with Gasteiger partial charge in [0.2, 0.25) is 0 Å². The van der Waals surface area contributed by atoms with Gasteiger partial charge in [0.1, 0.15) is 5.75 Å². The summed E-state index contributed by atoms with van der Waals surface area (Å²) in [5, 5.41) is 10.3. The minimum Gasteiger partial charge on any atom is -0.497 e. The molecule has 3 nitrogen and oxygen atoms in total. The second kappa shape index (κ2) is 7.48. The van der Waals surface area contributed by atoms with Gasteiger partial charge in [-0.2, -0.15) is 0 Å². The predicted octanol–water partition coefficient (Wildman–Crippen LogP) is 4.02. The first kappa shape index (κ1) is 15.9. The van der Waals surface area contributed by atoms with Crippen LogP contribution in [0.3, 0.4) is 0 Å². The van der Waals surface area contributed by atoms with E-state index < -0.39 is 6.10 Å². The summed E-state index contributed by atoms with van der Waals surface area (Å²) < 4.78 is 6.22. The van der Waals surface area contributed by atoms with Crippen molar-refractivity contribution >= 4 is 21.6 Å². The Kier molecular flexibility index (Phi) is 5.65. The first-order valence-electron chi connectivity index (χ1n) is 6.89. The largest absolute Gasteiger partial charge is 0.497 e. The summed E-state index contributed by atoms with van der Waals surface area (Å²) >= 11 is 3.43. The van der Waals surface area contributed by atoms with Crippen molar-refractivity contribution in [3.63, 3.8) is 0 Å². The summed E-state index contributed by atoms with van der Waals surface area (Å²) in [7, 11) is 3.68. The standard InChI is InChI=1S/C17H20BrNO2/c1-19(15-7-4-8-16(12-15)21-2)10-9-17(20)13-5-3-6-14(18)11-13/h3-8,11-12,17,20H,9-10H2,1-2H3. The van der Waals surface area contributed by atoms with Crippen LogP contribution in [0.1, 0.15) is 18.1 Å². The van der Waals surface area contributed by atoms with Gasteiger partial charge in [0.15, 0.2) is 0 Å². The van der Waals surface area contributed by atoms with Gasteiger partial charge < -0.3 is 14.7 Å². The maximum absolute atomic E-state index is 10.3. The van der Waals surface area contributed by atoms with E-state index in [1.807, 2.05) is 55.6 Å². The first-order chi connectivity index (χ1) is 10.1. The molecule has 112 valence electrons. The van der Waals surface area contributed by atoms with Gasteiger partial charge in [-0.1, -0.05) is 34.1 Å². The Morgan fingerprint density at radius 3 is 2.67 bits per heavy atom. The molecule has 0 spiro atoms. The zero-order valence-electron chi connectivity index (χ0n) is 12.3. The molecule has 4 heteroatoms. The van der Waals surface area contributed by atoms with E-state index in [1.54, 1.807) is 7.11 Å². The molecule has 0 radical (unpaired) electrons. The number of benzene rings is 2. The van der Waals surface area contributed by atoms with Crippen LogP contribution in [0.4, 0.5) is 5.69 Å². The number of halogens is 1. The van der Waals surface area contributed by atoms with E-state index in [9.17, 15) is 5.11 Å². The van der Waals surface area contributed by atoms with E-state index in [-0.39, 0.29) is 0 Å². The van der Waals surface area contributed by atoms with Crippen molar-refractivity contribution in [1.29, 1.82) is 0 Å². The fraction of sp³-hybridized carbons (Fsp3) is 0.294. The quantitative estimate of drug-likeness (QED) is 0.854. The van der Waals surface area contributed by atoms with Crippen molar-refractivity contribution in [3.05, 3.63) is 58.6 Å². The monoisotopic (exact) mass is 349 g/mol. The molecule has 0 heterocycles. The maximum atomic E-state index is 10.3. The van der Waals surface area contributed by atoms with Crippen molar-refractivity contribution in [1.82, 2.24) is 0 Å². The van der Waals surface area contributed by atoms with Crippen molar-refractivity contribution < 1.29 is 9.84 Å². The lowest BCUT2D eigenvalue weighted by atomic mass is 10.1. The number of rotatable bonds is 6. The summed E-state index contributed by atoms with van der Waals surface area (Å²) in [6, 6.07) is 15.7. The molecule has 0 aliphatic carbocycles. The molecule has 0 aliphatic rings. The number of hydrogen-bond donors (Lipinski definition) is 1.